The number of thiophene rings is 1. The van der Waals surface area contributed by atoms with Crippen LogP contribution in [0.2, 0.25) is 4.34 Å². The van der Waals surface area contributed by atoms with Crippen LogP contribution in [0.1, 0.15) is 16.0 Å². The topological polar surface area (TPSA) is 15.3 Å². The molecule has 0 atom stereocenters. The summed E-state index contributed by atoms with van der Waals surface area (Å²) >= 11 is 7.61. The van der Waals surface area contributed by atoms with Gasteiger partial charge in [-0.15, -0.1) is 11.3 Å². The van der Waals surface area contributed by atoms with Crippen LogP contribution in [-0.2, 0) is 19.6 Å². The van der Waals surface area contributed by atoms with Crippen molar-refractivity contribution in [3.05, 3.63) is 56.7 Å². The van der Waals surface area contributed by atoms with E-state index in [9.17, 15) is 0 Å². The van der Waals surface area contributed by atoms with Crippen LogP contribution in [0.25, 0.3) is 0 Å². The number of hydrogen-bond donors (Lipinski definition) is 1. The summed E-state index contributed by atoms with van der Waals surface area (Å²) in [4.78, 5) is 3.62. The average Bonchev–Trinajstić information content (AvgIpc) is 2.77. The van der Waals surface area contributed by atoms with E-state index in [0.717, 1.165) is 24.0 Å². The lowest BCUT2D eigenvalue weighted by molar-refractivity contribution is 0.321. The lowest BCUT2D eigenvalue weighted by Crippen LogP contribution is -2.18. The molecule has 0 aliphatic carbocycles. The van der Waals surface area contributed by atoms with Gasteiger partial charge in [-0.1, -0.05) is 35.9 Å². The second-order valence-electron chi connectivity index (χ2n) is 4.68. The fourth-order valence-electron chi connectivity index (χ4n) is 2.12. The molecule has 0 unspecified atom stereocenters. The molecule has 0 saturated carbocycles. The summed E-state index contributed by atoms with van der Waals surface area (Å²) in [6.07, 6.45) is 0. The van der Waals surface area contributed by atoms with E-state index < -0.39 is 0 Å². The highest BCUT2D eigenvalue weighted by atomic mass is 35.5. The number of nitrogens with one attached hydrogen (secondary N) is 1. The molecule has 1 aromatic heterocycles. The van der Waals surface area contributed by atoms with Crippen LogP contribution in [0.15, 0.2) is 36.4 Å². The predicted molar refractivity (Wildman–Crippen MR) is 83.7 cm³/mol. The lowest BCUT2D eigenvalue weighted by Gasteiger charge is -2.18. The van der Waals surface area contributed by atoms with E-state index >= 15 is 0 Å². The minimum absolute atomic E-state index is 0.860. The number of benzene rings is 1. The van der Waals surface area contributed by atoms with Gasteiger partial charge in [-0.3, -0.25) is 4.90 Å². The van der Waals surface area contributed by atoms with Crippen LogP contribution < -0.4 is 5.32 Å². The fraction of sp³-hybridized carbons (Fsp3) is 0.333. The Morgan fingerprint density at radius 2 is 1.84 bits per heavy atom. The molecule has 2 rings (SSSR count). The van der Waals surface area contributed by atoms with Crippen LogP contribution in [0.5, 0.6) is 0 Å². The predicted octanol–water partition coefficient (Wildman–Crippen LogP) is 3.75. The molecule has 2 aromatic rings. The Hall–Kier alpha value is -0.870. The molecule has 0 aliphatic rings. The fourth-order valence-corrected chi connectivity index (χ4v) is 3.29. The highest BCUT2D eigenvalue weighted by Crippen LogP contribution is 2.23. The SMILES string of the molecule is CNCc1ccccc1CN(C)Cc1ccc(Cl)s1. The summed E-state index contributed by atoms with van der Waals surface area (Å²) in [6, 6.07) is 12.6. The summed E-state index contributed by atoms with van der Waals surface area (Å²) < 4.78 is 0.860. The second-order valence-corrected chi connectivity index (χ2v) is 6.48. The number of rotatable bonds is 6. The molecule has 4 heteroatoms. The molecule has 102 valence electrons. The quantitative estimate of drug-likeness (QED) is 0.873. The first-order valence-corrected chi connectivity index (χ1v) is 7.52. The van der Waals surface area contributed by atoms with Crippen LogP contribution >= 0.6 is 22.9 Å². The summed E-state index contributed by atoms with van der Waals surface area (Å²) in [7, 11) is 4.12. The van der Waals surface area contributed by atoms with Crippen molar-refractivity contribution >= 4 is 22.9 Å². The molecule has 1 aromatic carbocycles. The van der Waals surface area contributed by atoms with Crippen molar-refractivity contribution in [3.63, 3.8) is 0 Å². The summed E-state index contributed by atoms with van der Waals surface area (Å²) in [5.41, 5.74) is 2.74. The number of nitrogens with zero attached hydrogens (tertiary/aromatic N) is 1. The monoisotopic (exact) mass is 294 g/mol. The lowest BCUT2D eigenvalue weighted by atomic mass is 10.1. The van der Waals surface area contributed by atoms with Crippen LogP contribution in [0.4, 0.5) is 0 Å². The Labute approximate surface area is 124 Å². The summed E-state index contributed by atoms with van der Waals surface area (Å²) in [5, 5.41) is 3.22. The first-order chi connectivity index (χ1) is 9.19. The summed E-state index contributed by atoms with van der Waals surface area (Å²) in [5.74, 6) is 0. The largest absolute Gasteiger partial charge is 0.316 e. The van der Waals surface area contributed by atoms with Gasteiger partial charge in [0, 0.05) is 24.5 Å². The molecule has 1 N–H and O–H groups in total. The van der Waals surface area contributed by atoms with Crippen molar-refractivity contribution in [2.45, 2.75) is 19.6 Å². The smallest absolute Gasteiger partial charge is 0.0931 e. The molecule has 19 heavy (non-hydrogen) atoms. The van der Waals surface area contributed by atoms with E-state index in [0.29, 0.717) is 0 Å². The molecule has 0 radical (unpaired) electrons. The molecular formula is C15H19ClN2S. The van der Waals surface area contributed by atoms with Crippen molar-refractivity contribution in [3.8, 4) is 0 Å². The molecule has 2 nitrogen and oxygen atoms in total. The van der Waals surface area contributed by atoms with Gasteiger partial charge in [-0.2, -0.15) is 0 Å². The standard InChI is InChI=1S/C15H19ClN2S/c1-17-9-12-5-3-4-6-13(12)10-18(2)11-14-7-8-15(16)19-14/h3-8,17H,9-11H2,1-2H3. The maximum absolute atomic E-state index is 5.96. The first kappa shape index (κ1) is 14.5. The van der Waals surface area contributed by atoms with Crippen LogP contribution in [0.3, 0.4) is 0 Å². The molecule has 0 saturated heterocycles. The normalized spacial score (nSPS) is 11.2. The van der Waals surface area contributed by atoms with Crippen molar-refractivity contribution in [1.29, 1.82) is 0 Å². The highest BCUT2D eigenvalue weighted by molar-refractivity contribution is 7.16. The Kier molecular flexibility index (Phi) is 5.40. The van der Waals surface area contributed by atoms with Crippen LogP contribution in [0, 0.1) is 0 Å². The number of hydrogen-bond acceptors (Lipinski definition) is 3. The van der Waals surface area contributed by atoms with E-state index in [4.69, 9.17) is 11.6 Å². The van der Waals surface area contributed by atoms with Gasteiger partial charge in [0.15, 0.2) is 0 Å². The Bertz CT molecular complexity index is 524. The van der Waals surface area contributed by atoms with E-state index in [-0.39, 0.29) is 0 Å². The molecule has 0 aliphatic heterocycles. The Morgan fingerprint density at radius 3 is 2.47 bits per heavy atom. The van der Waals surface area contributed by atoms with Gasteiger partial charge in [-0.05, 0) is 37.4 Å². The molecular weight excluding hydrogens is 276 g/mol. The third kappa shape index (κ3) is 4.32. The highest BCUT2D eigenvalue weighted by Gasteiger charge is 2.07. The maximum atomic E-state index is 5.96. The Morgan fingerprint density at radius 1 is 1.11 bits per heavy atom. The minimum Gasteiger partial charge on any atom is -0.316 e. The van der Waals surface area contributed by atoms with Crippen molar-refractivity contribution < 1.29 is 0 Å². The second kappa shape index (κ2) is 7.06. The van der Waals surface area contributed by atoms with Gasteiger partial charge < -0.3 is 5.32 Å². The van der Waals surface area contributed by atoms with Crippen molar-refractivity contribution in [2.24, 2.45) is 0 Å². The molecule has 0 spiro atoms. The molecule has 0 amide bonds. The van der Waals surface area contributed by atoms with E-state index in [1.54, 1.807) is 11.3 Å². The zero-order chi connectivity index (χ0) is 13.7. The van der Waals surface area contributed by atoms with E-state index in [1.807, 2.05) is 13.1 Å². The summed E-state index contributed by atoms with van der Waals surface area (Å²) in [6.45, 7) is 2.80. The minimum atomic E-state index is 0.860. The van der Waals surface area contributed by atoms with Gasteiger partial charge in [0.25, 0.3) is 0 Å². The van der Waals surface area contributed by atoms with Gasteiger partial charge in [0.2, 0.25) is 0 Å². The zero-order valence-electron chi connectivity index (χ0n) is 11.3. The first-order valence-electron chi connectivity index (χ1n) is 6.33. The zero-order valence-corrected chi connectivity index (χ0v) is 12.9. The van der Waals surface area contributed by atoms with Gasteiger partial charge in [0.1, 0.15) is 0 Å². The van der Waals surface area contributed by atoms with Gasteiger partial charge in [0.05, 0.1) is 4.34 Å². The van der Waals surface area contributed by atoms with Crippen LogP contribution in [-0.4, -0.2) is 19.0 Å². The van der Waals surface area contributed by atoms with Crippen molar-refractivity contribution in [1.82, 2.24) is 10.2 Å². The Balaban J connectivity index is 2.00. The average molecular weight is 295 g/mol. The number of halogens is 1. The molecule has 1 heterocycles. The van der Waals surface area contributed by atoms with E-state index in [1.165, 1.54) is 16.0 Å². The molecule has 0 bridgehead atoms. The third-order valence-corrected chi connectivity index (χ3v) is 4.20. The molecule has 0 fully saturated rings. The third-order valence-electron chi connectivity index (χ3n) is 2.98. The maximum Gasteiger partial charge on any atom is 0.0931 e. The van der Waals surface area contributed by atoms with Gasteiger partial charge in [-0.25, -0.2) is 0 Å². The van der Waals surface area contributed by atoms with Gasteiger partial charge >= 0.3 is 0 Å². The van der Waals surface area contributed by atoms with E-state index in [2.05, 4.69) is 47.6 Å². The van der Waals surface area contributed by atoms with Crippen molar-refractivity contribution in [2.75, 3.05) is 14.1 Å².